The van der Waals surface area contributed by atoms with Gasteiger partial charge in [-0.05, 0) is 34.0 Å². The molecule has 0 aliphatic heterocycles. The summed E-state index contributed by atoms with van der Waals surface area (Å²) in [5.74, 6) is 0.248. The van der Waals surface area contributed by atoms with Crippen molar-refractivity contribution in [2.24, 2.45) is 0 Å². The number of phenols is 1. The largest absolute Gasteiger partial charge is 0.508 e. The first-order valence-corrected chi connectivity index (χ1v) is 6.06. The Morgan fingerprint density at radius 1 is 0.789 bits per heavy atom. The Balaban J connectivity index is 2.30. The summed E-state index contributed by atoms with van der Waals surface area (Å²) in [6, 6.07) is 18.7. The van der Waals surface area contributed by atoms with E-state index >= 15 is 0 Å². The van der Waals surface area contributed by atoms with Gasteiger partial charge in [-0.15, -0.1) is 0 Å². The van der Waals surface area contributed by atoms with Crippen molar-refractivity contribution in [3.63, 3.8) is 0 Å². The van der Waals surface area contributed by atoms with Gasteiger partial charge in [0.2, 0.25) is 0 Å². The van der Waals surface area contributed by atoms with E-state index < -0.39 is 0 Å². The van der Waals surface area contributed by atoms with Gasteiger partial charge in [-0.2, -0.15) is 0 Å². The van der Waals surface area contributed by atoms with Crippen LogP contribution in [0.1, 0.15) is 10.4 Å². The van der Waals surface area contributed by atoms with E-state index in [0.29, 0.717) is 5.56 Å². The minimum absolute atomic E-state index is 0.248. The van der Waals surface area contributed by atoms with E-state index in [-0.39, 0.29) is 5.75 Å². The number of hydrogen-bond acceptors (Lipinski definition) is 2. The number of carbonyl (C=O) groups excluding carboxylic acids is 1. The van der Waals surface area contributed by atoms with Crippen LogP contribution >= 0.6 is 0 Å². The van der Waals surface area contributed by atoms with E-state index in [1.807, 2.05) is 48.5 Å². The summed E-state index contributed by atoms with van der Waals surface area (Å²) in [5, 5.41) is 11.3. The lowest BCUT2D eigenvalue weighted by Gasteiger charge is -2.08. The third kappa shape index (κ3) is 1.97. The second-order valence-corrected chi connectivity index (χ2v) is 4.41. The van der Waals surface area contributed by atoms with Gasteiger partial charge in [-0.3, -0.25) is 4.79 Å². The summed E-state index contributed by atoms with van der Waals surface area (Å²) in [6.45, 7) is 0. The third-order valence-electron chi connectivity index (χ3n) is 3.26. The molecule has 0 spiro atoms. The fourth-order valence-corrected chi connectivity index (χ4v) is 2.32. The average Bonchev–Trinajstić information content (AvgIpc) is 2.47. The predicted molar refractivity (Wildman–Crippen MR) is 76.4 cm³/mol. The molecular formula is C17H12O2. The Labute approximate surface area is 110 Å². The molecule has 0 aliphatic carbocycles. The number of hydrogen-bond donors (Lipinski definition) is 1. The molecule has 2 heteroatoms. The van der Waals surface area contributed by atoms with E-state index in [1.54, 1.807) is 12.1 Å². The van der Waals surface area contributed by atoms with Crippen LogP contribution in [0.5, 0.6) is 5.75 Å². The van der Waals surface area contributed by atoms with Crippen LogP contribution in [0.2, 0.25) is 0 Å². The lowest BCUT2D eigenvalue weighted by atomic mass is 9.95. The topological polar surface area (TPSA) is 37.3 Å². The zero-order valence-electron chi connectivity index (χ0n) is 10.2. The van der Waals surface area contributed by atoms with Crippen LogP contribution in [0, 0.1) is 0 Å². The second-order valence-electron chi connectivity index (χ2n) is 4.41. The highest BCUT2D eigenvalue weighted by Gasteiger charge is 2.06. The minimum Gasteiger partial charge on any atom is -0.508 e. The summed E-state index contributed by atoms with van der Waals surface area (Å²) in [5.41, 5.74) is 2.77. The molecule has 19 heavy (non-hydrogen) atoms. The van der Waals surface area contributed by atoms with Crippen molar-refractivity contribution >= 4 is 17.1 Å². The second kappa shape index (κ2) is 4.58. The SMILES string of the molecule is O=Cc1ccc(-c2ccc(O)cc2)c2ccccc12. The molecule has 0 bridgehead atoms. The number of carbonyl (C=O) groups is 1. The highest BCUT2D eigenvalue weighted by molar-refractivity contribution is 6.05. The number of fused-ring (bicyclic) bond motifs is 1. The maximum Gasteiger partial charge on any atom is 0.150 e. The molecule has 0 saturated carbocycles. The molecular weight excluding hydrogens is 236 g/mol. The molecule has 0 aliphatic rings. The summed E-state index contributed by atoms with van der Waals surface area (Å²) in [6.07, 6.45) is 0.878. The molecule has 0 atom stereocenters. The first-order chi connectivity index (χ1) is 9.29. The lowest BCUT2D eigenvalue weighted by molar-refractivity contribution is 0.112. The van der Waals surface area contributed by atoms with Gasteiger partial charge in [0.1, 0.15) is 5.75 Å². The van der Waals surface area contributed by atoms with Crippen LogP contribution in [0.15, 0.2) is 60.7 Å². The minimum atomic E-state index is 0.248. The molecule has 0 heterocycles. The zero-order chi connectivity index (χ0) is 13.2. The van der Waals surface area contributed by atoms with Crippen molar-refractivity contribution in [3.05, 3.63) is 66.2 Å². The lowest BCUT2D eigenvalue weighted by Crippen LogP contribution is -1.87. The van der Waals surface area contributed by atoms with Gasteiger partial charge in [0.25, 0.3) is 0 Å². The maximum absolute atomic E-state index is 11.1. The van der Waals surface area contributed by atoms with Crippen LogP contribution in [-0.4, -0.2) is 11.4 Å². The van der Waals surface area contributed by atoms with Crippen LogP contribution in [0.25, 0.3) is 21.9 Å². The number of aromatic hydroxyl groups is 1. The van der Waals surface area contributed by atoms with E-state index in [4.69, 9.17) is 0 Å². The van der Waals surface area contributed by atoms with E-state index in [1.165, 1.54) is 0 Å². The molecule has 3 rings (SSSR count). The van der Waals surface area contributed by atoms with Gasteiger partial charge in [0.15, 0.2) is 6.29 Å². The summed E-state index contributed by atoms with van der Waals surface area (Å²) >= 11 is 0. The monoisotopic (exact) mass is 248 g/mol. The molecule has 0 aromatic heterocycles. The van der Waals surface area contributed by atoms with Crippen LogP contribution in [0.3, 0.4) is 0 Å². The number of phenolic OH excluding ortho intramolecular Hbond substituents is 1. The van der Waals surface area contributed by atoms with E-state index in [0.717, 1.165) is 28.2 Å². The molecule has 1 N–H and O–H groups in total. The molecule has 2 nitrogen and oxygen atoms in total. The van der Waals surface area contributed by atoms with Crippen molar-refractivity contribution in [3.8, 4) is 16.9 Å². The van der Waals surface area contributed by atoms with E-state index in [2.05, 4.69) is 0 Å². The Morgan fingerprint density at radius 3 is 2.16 bits per heavy atom. The number of aldehydes is 1. The van der Waals surface area contributed by atoms with E-state index in [9.17, 15) is 9.90 Å². The van der Waals surface area contributed by atoms with Gasteiger partial charge in [0.05, 0.1) is 0 Å². The Morgan fingerprint density at radius 2 is 1.47 bits per heavy atom. The first-order valence-electron chi connectivity index (χ1n) is 6.06. The molecule has 3 aromatic carbocycles. The summed E-state index contributed by atoms with van der Waals surface area (Å²) < 4.78 is 0. The van der Waals surface area contributed by atoms with Crippen molar-refractivity contribution < 1.29 is 9.90 Å². The normalized spacial score (nSPS) is 10.5. The average molecular weight is 248 g/mol. The van der Waals surface area contributed by atoms with Gasteiger partial charge < -0.3 is 5.11 Å². The highest BCUT2D eigenvalue weighted by Crippen LogP contribution is 2.31. The van der Waals surface area contributed by atoms with Crippen LogP contribution in [0.4, 0.5) is 0 Å². The molecule has 0 fully saturated rings. The highest BCUT2D eigenvalue weighted by atomic mass is 16.3. The van der Waals surface area contributed by atoms with Crippen molar-refractivity contribution in [1.29, 1.82) is 0 Å². The van der Waals surface area contributed by atoms with Gasteiger partial charge in [-0.25, -0.2) is 0 Å². The smallest absolute Gasteiger partial charge is 0.150 e. The molecule has 0 unspecified atom stereocenters. The molecule has 0 amide bonds. The number of rotatable bonds is 2. The van der Waals surface area contributed by atoms with Crippen molar-refractivity contribution in [2.75, 3.05) is 0 Å². The fraction of sp³-hybridized carbons (Fsp3) is 0. The standard InChI is InChI=1S/C17H12O2/c18-11-13-7-10-16(12-5-8-14(19)9-6-12)17-4-2-1-3-15(13)17/h1-11,19H. The zero-order valence-corrected chi connectivity index (χ0v) is 10.2. The third-order valence-corrected chi connectivity index (χ3v) is 3.26. The van der Waals surface area contributed by atoms with Crippen molar-refractivity contribution in [2.45, 2.75) is 0 Å². The maximum atomic E-state index is 11.1. The summed E-state index contributed by atoms with van der Waals surface area (Å²) in [7, 11) is 0. The predicted octanol–water partition coefficient (Wildman–Crippen LogP) is 4.02. The van der Waals surface area contributed by atoms with Gasteiger partial charge >= 0.3 is 0 Å². The van der Waals surface area contributed by atoms with Gasteiger partial charge in [-0.1, -0.05) is 48.5 Å². The molecule has 3 aromatic rings. The van der Waals surface area contributed by atoms with Crippen molar-refractivity contribution in [1.82, 2.24) is 0 Å². The molecule has 0 radical (unpaired) electrons. The quantitative estimate of drug-likeness (QED) is 0.695. The Bertz CT molecular complexity index is 743. The number of benzene rings is 3. The molecule has 92 valence electrons. The molecule has 0 saturated heterocycles. The Hall–Kier alpha value is -2.61. The van der Waals surface area contributed by atoms with Crippen LogP contribution < -0.4 is 0 Å². The van der Waals surface area contributed by atoms with Crippen LogP contribution in [-0.2, 0) is 0 Å². The Kier molecular flexibility index (Phi) is 2.76. The first kappa shape index (κ1) is 11.5. The summed E-state index contributed by atoms with van der Waals surface area (Å²) in [4.78, 5) is 11.1. The van der Waals surface area contributed by atoms with Gasteiger partial charge in [0, 0.05) is 5.56 Å². The fourth-order valence-electron chi connectivity index (χ4n) is 2.32.